The second kappa shape index (κ2) is 9.56. The molecule has 4 heteroatoms. The van der Waals surface area contributed by atoms with E-state index in [-0.39, 0.29) is 0 Å². The first-order valence-corrected chi connectivity index (χ1v) is 8.02. The van der Waals surface area contributed by atoms with E-state index in [1.54, 1.807) is 0 Å². The summed E-state index contributed by atoms with van der Waals surface area (Å²) in [5.41, 5.74) is 1.11. The summed E-state index contributed by atoms with van der Waals surface area (Å²) >= 11 is 0. The van der Waals surface area contributed by atoms with E-state index in [1.807, 2.05) is 6.92 Å². The molecule has 0 saturated carbocycles. The van der Waals surface area contributed by atoms with Crippen molar-refractivity contribution in [3.63, 3.8) is 0 Å². The number of nitrogens with one attached hydrogen (secondary N) is 2. The predicted molar refractivity (Wildman–Crippen MR) is 87.5 cm³/mol. The van der Waals surface area contributed by atoms with E-state index in [9.17, 15) is 0 Å². The molecule has 4 nitrogen and oxygen atoms in total. The van der Waals surface area contributed by atoms with Crippen LogP contribution in [0, 0.1) is 13.8 Å². The van der Waals surface area contributed by atoms with Crippen molar-refractivity contribution in [2.45, 2.75) is 66.2 Å². The summed E-state index contributed by atoms with van der Waals surface area (Å²) < 4.78 is 0. The molecule has 0 radical (unpaired) electrons. The van der Waals surface area contributed by atoms with Crippen molar-refractivity contribution in [3.05, 3.63) is 11.4 Å². The van der Waals surface area contributed by atoms with Gasteiger partial charge in [-0.2, -0.15) is 0 Å². The van der Waals surface area contributed by atoms with Crippen molar-refractivity contribution < 1.29 is 0 Å². The second-order valence-electron chi connectivity index (χ2n) is 5.32. The van der Waals surface area contributed by atoms with Crippen LogP contribution in [0.4, 0.5) is 11.6 Å². The fourth-order valence-corrected chi connectivity index (χ4v) is 2.25. The van der Waals surface area contributed by atoms with Gasteiger partial charge in [0.05, 0.1) is 0 Å². The maximum Gasteiger partial charge on any atom is 0.134 e. The van der Waals surface area contributed by atoms with E-state index >= 15 is 0 Å². The number of anilines is 2. The molecule has 2 N–H and O–H groups in total. The lowest BCUT2D eigenvalue weighted by atomic mass is 10.1. The lowest BCUT2D eigenvalue weighted by Gasteiger charge is -2.13. The SMILES string of the molecule is CCCCCCCCNc1nc(C)nc(NCC)c1C. The molecule has 0 aliphatic heterocycles. The van der Waals surface area contributed by atoms with Gasteiger partial charge in [-0.05, 0) is 27.2 Å². The first-order valence-electron chi connectivity index (χ1n) is 8.02. The van der Waals surface area contributed by atoms with Crippen molar-refractivity contribution in [3.8, 4) is 0 Å². The molecule has 1 rings (SSSR count). The van der Waals surface area contributed by atoms with Crippen molar-refractivity contribution in [2.24, 2.45) is 0 Å². The van der Waals surface area contributed by atoms with Gasteiger partial charge in [0.25, 0.3) is 0 Å². The molecule has 0 amide bonds. The first kappa shape index (κ1) is 16.7. The minimum Gasteiger partial charge on any atom is -0.370 e. The van der Waals surface area contributed by atoms with E-state index < -0.39 is 0 Å². The van der Waals surface area contributed by atoms with Crippen molar-refractivity contribution in [1.82, 2.24) is 9.97 Å². The summed E-state index contributed by atoms with van der Waals surface area (Å²) in [5, 5.41) is 6.74. The van der Waals surface area contributed by atoms with Gasteiger partial charge in [-0.25, -0.2) is 9.97 Å². The van der Waals surface area contributed by atoms with Crippen LogP contribution in [0.25, 0.3) is 0 Å². The quantitative estimate of drug-likeness (QED) is 0.627. The van der Waals surface area contributed by atoms with Gasteiger partial charge in [0.1, 0.15) is 17.5 Å². The van der Waals surface area contributed by atoms with Crippen LogP contribution < -0.4 is 10.6 Å². The number of hydrogen-bond donors (Lipinski definition) is 2. The van der Waals surface area contributed by atoms with Gasteiger partial charge >= 0.3 is 0 Å². The highest BCUT2D eigenvalue weighted by molar-refractivity contribution is 5.57. The summed E-state index contributed by atoms with van der Waals surface area (Å²) in [5.74, 6) is 2.74. The average Bonchev–Trinajstić information content (AvgIpc) is 2.43. The van der Waals surface area contributed by atoms with Crippen LogP contribution in [0.1, 0.15) is 63.8 Å². The molecule has 0 bridgehead atoms. The molecular formula is C16H30N4. The Balaban J connectivity index is 2.39. The second-order valence-corrected chi connectivity index (χ2v) is 5.32. The van der Waals surface area contributed by atoms with Crippen LogP contribution in [0.15, 0.2) is 0 Å². The third kappa shape index (κ3) is 5.76. The number of unbranched alkanes of at least 4 members (excludes halogenated alkanes) is 5. The molecular weight excluding hydrogens is 248 g/mol. The Bertz CT molecular complexity index is 390. The highest BCUT2D eigenvalue weighted by atomic mass is 15.1. The molecule has 0 atom stereocenters. The third-order valence-electron chi connectivity index (χ3n) is 3.42. The van der Waals surface area contributed by atoms with Gasteiger partial charge in [-0.1, -0.05) is 39.0 Å². The predicted octanol–water partition coefficient (Wildman–Crippen LogP) is 4.30. The molecule has 114 valence electrons. The Morgan fingerprint density at radius 3 is 2.05 bits per heavy atom. The average molecular weight is 278 g/mol. The maximum atomic E-state index is 4.50. The molecule has 0 aliphatic rings. The Labute approximate surface area is 123 Å². The molecule has 1 aromatic heterocycles. The monoisotopic (exact) mass is 278 g/mol. The van der Waals surface area contributed by atoms with Gasteiger partial charge in [0.15, 0.2) is 0 Å². The van der Waals surface area contributed by atoms with Crippen LogP contribution in [0.5, 0.6) is 0 Å². The smallest absolute Gasteiger partial charge is 0.134 e. The minimum absolute atomic E-state index is 0.817. The van der Waals surface area contributed by atoms with Crippen molar-refractivity contribution in [1.29, 1.82) is 0 Å². The zero-order valence-electron chi connectivity index (χ0n) is 13.6. The summed E-state index contributed by atoms with van der Waals surface area (Å²) in [6.45, 7) is 10.2. The van der Waals surface area contributed by atoms with Crippen LogP contribution in [-0.2, 0) is 0 Å². The number of nitrogens with zero attached hydrogens (tertiary/aromatic N) is 2. The van der Waals surface area contributed by atoms with Gasteiger partial charge < -0.3 is 10.6 Å². The summed E-state index contributed by atoms with van der Waals surface area (Å²) in [7, 11) is 0. The molecule has 1 aromatic rings. The first-order chi connectivity index (χ1) is 9.69. The topological polar surface area (TPSA) is 49.8 Å². The number of hydrogen-bond acceptors (Lipinski definition) is 4. The maximum absolute atomic E-state index is 4.50. The Morgan fingerprint density at radius 2 is 1.40 bits per heavy atom. The van der Waals surface area contributed by atoms with Crippen molar-refractivity contribution in [2.75, 3.05) is 23.7 Å². The molecule has 1 heterocycles. The van der Waals surface area contributed by atoms with Gasteiger partial charge in [-0.15, -0.1) is 0 Å². The molecule has 0 saturated heterocycles. The number of rotatable bonds is 10. The Hall–Kier alpha value is -1.32. The zero-order chi connectivity index (χ0) is 14.8. The van der Waals surface area contributed by atoms with E-state index in [2.05, 4.69) is 41.4 Å². The zero-order valence-corrected chi connectivity index (χ0v) is 13.6. The molecule has 0 spiro atoms. The van der Waals surface area contributed by atoms with E-state index in [0.717, 1.165) is 36.1 Å². The molecule has 0 unspecified atom stereocenters. The van der Waals surface area contributed by atoms with E-state index in [4.69, 9.17) is 0 Å². The fourth-order valence-electron chi connectivity index (χ4n) is 2.25. The lowest BCUT2D eigenvalue weighted by molar-refractivity contribution is 0.616. The molecule has 0 fully saturated rings. The van der Waals surface area contributed by atoms with Gasteiger partial charge in [0.2, 0.25) is 0 Å². The summed E-state index contributed by atoms with van der Waals surface area (Å²) in [4.78, 5) is 8.94. The number of aryl methyl sites for hydroxylation is 1. The fraction of sp³-hybridized carbons (Fsp3) is 0.750. The van der Waals surface area contributed by atoms with Crippen LogP contribution in [0.2, 0.25) is 0 Å². The highest BCUT2D eigenvalue weighted by Crippen LogP contribution is 2.19. The Kier molecular flexibility index (Phi) is 8.00. The van der Waals surface area contributed by atoms with Crippen LogP contribution in [-0.4, -0.2) is 23.1 Å². The summed E-state index contributed by atoms with van der Waals surface area (Å²) in [6.07, 6.45) is 7.90. The highest BCUT2D eigenvalue weighted by Gasteiger charge is 2.07. The molecule has 0 aliphatic carbocycles. The third-order valence-corrected chi connectivity index (χ3v) is 3.42. The van der Waals surface area contributed by atoms with Crippen molar-refractivity contribution >= 4 is 11.6 Å². The van der Waals surface area contributed by atoms with Crippen LogP contribution in [0.3, 0.4) is 0 Å². The molecule has 0 aromatic carbocycles. The van der Waals surface area contributed by atoms with E-state index in [1.165, 1.54) is 38.5 Å². The van der Waals surface area contributed by atoms with E-state index in [0.29, 0.717) is 0 Å². The number of aromatic nitrogens is 2. The minimum atomic E-state index is 0.817. The Morgan fingerprint density at radius 1 is 0.800 bits per heavy atom. The molecule has 20 heavy (non-hydrogen) atoms. The standard InChI is InChI=1S/C16H30N4/c1-5-7-8-9-10-11-12-18-16-13(3)15(17-6-2)19-14(4)20-16/h5-12H2,1-4H3,(H2,17,18,19,20). The largest absolute Gasteiger partial charge is 0.370 e. The van der Waals surface area contributed by atoms with Gasteiger partial charge in [-0.3, -0.25) is 0 Å². The summed E-state index contributed by atoms with van der Waals surface area (Å²) in [6, 6.07) is 0. The normalized spacial score (nSPS) is 10.6. The lowest BCUT2D eigenvalue weighted by Crippen LogP contribution is -2.10. The van der Waals surface area contributed by atoms with Gasteiger partial charge in [0, 0.05) is 18.7 Å². The van der Waals surface area contributed by atoms with Crippen LogP contribution >= 0.6 is 0 Å².